The molecule has 0 spiro atoms. The predicted octanol–water partition coefficient (Wildman–Crippen LogP) is 2.35. The third kappa shape index (κ3) is 8.94. The van der Waals surface area contributed by atoms with Crippen molar-refractivity contribution >= 4 is 6.09 Å². The third-order valence-corrected chi connectivity index (χ3v) is 3.87. The van der Waals surface area contributed by atoms with E-state index in [4.69, 9.17) is 10.5 Å². The second kappa shape index (κ2) is 9.26. The van der Waals surface area contributed by atoms with E-state index < -0.39 is 5.60 Å². The fraction of sp³-hybridized carbons (Fsp3) is 0.938. The number of hydrogen-bond acceptors (Lipinski definition) is 4. The lowest BCUT2D eigenvalue weighted by Gasteiger charge is -2.32. The Bertz CT molecular complexity index is 294. The molecular weight excluding hydrogens is 266 g/mol. The maximum atomic E-state index is 11.5. The van der Waals surface area contributed by atoms with Crippen molar-refractivity contribution in [3.8, 4) is 0 Å². The van der Waals surface area contributed by atoms with E-state index in [9.17, 15) is 4.79 Å². The molecule has 0 saturated carbocycles. The molecule has 1 amide bonds. The van der Waals surface area contributed by atoms with Gasteiger partial charge in [0.15, 0.2) is 0 Å². The van der Waals surface area contributed by atoms with E-state index in [0.717, 1.165) is 38.5 Å². The van der Waals surface area contributed by atoms with Crippen molar-refractivity contribution in [3.63, 3.8) is 0 Å². The molecule has 21 heavy (non-hydrogen) atoms. The van der Waals surface area contributed by atoms with Crippen molar-refractivity contribution in [1.82, 2.24) is 10.2 Å². The molecular formula is C16H33N3O2. The summed E-state index contributed by atoms with van der Waals surface area (Å²) < 4.78 is 5.22. The quantitative estimate of drug-likeness (QED) is 0.708. The Hall–Kier alpha value is -0.810. The molecule has 0 aromatic heterocycles. The summed E-state index contributed by atoms with van der Waals surface area (Å²) in [5.74, 6) is 0.867. The van der Waals surface area contributed by atoms with Gasteiger partial charge in [0.1, 0.15) is 5.60 Å². The van der Waals surface area contributed by atoms with Gasteiger partial charge in [-0.2, -0.15) is 0 Å². The highest BCUT2D eigenvalue weighted by molar-refractivity contribution is 5.67. The minimum absolute atomic E-state index is 0.320. The van der Waals surface area contributed by atoms with Crippen LogP contribution >= 0.6 is 0 Å². The van der Waals surface area contributed by atoms with E-state index in [1.807, 2.05) is 20.8 Å². The molecule has 0 aromatic rings. The van der Waals surface area contributed by atoms with Crippen LogP contribution in [0.1, 0.15) is 52.9 Å². The number of nitrogens with one attached hydrogen (secondary N) is 1. The van der Waals surface area contributed by atoms with Gasteiger partial charge in [-0.25, -0.2) is 4.79 Å². The lowest BCUT2D eigenvalue weighted by Crippen LogP contribution is -2.41. The zero-order chi connectivity index (χ0) is 15.7. The van der Waals surface area contributed by atoms with Gasteiger partial charge in [-0.05, 0) is 65.6 Å². The van der Waals surface area contributed by atoms with Crippen LogP contribution in [0, 0.1) is 5.92 Å². The number of carbonyl (C=O) groups excluding carboxylic acids is 1. The Kier molecular flexibility index (Phi) is 8.04. The maximum absolute atomic E-state index is 11.5. The van der Waals surface area contributed by atoms with Gasteiger partial charge in [0, 0.05) is 13.1 Å². The van der Waals surface area contributed by atoms with Crippen LogP contribution in [0.4, 0.5) is 4.79 Å². The number of ether oxygens (including phenoxy) is 1. The summed E-state index contributed by atoms with van der Waals surface area (Å²) in [6.07, 6.45) is 5.97. The lowest BCUT2D eigenvalue weighted by atomic mass is 9.91. The Morgan fingerprint density at radius 3 is 2.52 bits per heavy atom. The van der Waals surface area contributed by atoms with Crippen LogP contribution in [0.15, 0.2) is 0 Å². The summed E-state index contributed by atoms with van der Waals surface area (Å²) in [5.41, 5.74) is 5.11. The molecule has 0 aliphatic carbocycles. The van der Waals surface area contributed by atoms with Crippen LogP contribution in [0.25, 0.3) is 0 Å². The van der Waals surface area contributed by atoms with Gasteiger partial charge in [0.25, 0.3) is 0 Å². The van der Waals surface area contributed by atoms with E-state index in [-0.39, 0.29) is 6.09 Å². The Morgan fingerprint density at radius 2 is 1.95 bits per heavy atom. The van der Waals surface area contributed by atoms with Crippen LogP contribution in [0.5, 0.6) is 0 Å². The highest BCUT2D eigenvalue weighted by Crippen LogP contribution is 2.22. The molecule has 0 atom stereocenters. The molecule has 1 heterocycles. The molecule has 3 N–H and O–H groups in total. The number of likely N-dealkylation sites (tertiary alicyclic amines) is 1. The second-order valence-electron chi connectivity index (χ2n) is 7.00. The first-order valence-electron chi connectivity index (χ1n) is 8.30. The summed E-state index contributed by atoms with van der Waals surface area (Å²) in [5, 5.41) is 2.82. The van der Waals surface area contributed by atoms with Crippen molar-refractivity contribution in [3.05, 3.63) is 0 Å². The van der Waals surface area contributed by atoms with E-state index in [0.29, 0.717) is 6.54 Å². The number of hydrogen-bond donors (Lipinski definition) is 2. The van der Waals surface area contributed by atoms with Gasteiger partial charge in [-0.3, -0.25) is 0 Å². The third-order valence-electron chi connectivity index (χ3n) is 3.87. The van der Waals surface area contributed by atoms with Crippen LogP contribution in [-0.2, 0) is 4.74 Å². The molecule has 0 bridgehead atoms. The number of piperidine rings is 1. The van der Waals surface area contributed by atoms with Gasteiger partial charge >= 0.3 is 6.09 Å². The number of nitrogens with two attached hydrogens (primary N) is 1. The Balaban J connectivity index is 2.06. The summed E-state index contributed by atoms with van der Waals surface area (Å²) in [6, 6.07) is 0. The zero-order valence-electron chi connectivity index (χ0n) is 14.0. The Labute approximate surface area is 129 Å². The summed E-state index contributed by atoms with van der Waals surface area (Å²) in [4.78, 5) is 14.0. The topological polar surface area (TPSA) is 67.6 Å². The van der Waals surface area contributed by atoms with E-state index in [2.05, 4.69) is 10.2 Å². The molecule has 0 radical (unpaired) electrons. The number of unbranched alkanes of at least 4 members (excludes halogenated alkanes) is 1. The zero-order valence-corrected chi connectivity index (χ0v) is 14.0. The number of carbonyl (C=O) groups is 1. The van der Waals surface area contributed by atoms with E-state index in [1.165, 1.54) is 25.7 Å². The minimum Gasteiger partial charge on any atom is -0.444 e. The number of amides is 1. The largest absolute Gasteiger partial charge is 0.444 e. The molecule has 0 unspecified atom stereocenters. The number of rotatable bonds is 7. The Morgan fingerprint density at radius 1 is 1.29 bits per heavy atom. The SMILES string of the molecule is CC(C)(C)OC(=O)NCCN1CCC(CCCCN)CC1. The first-order chi connectivity index (χ1) is 9.90. The second-order valence-corrected chi connectivity index (χ2v) is 7.00. The molecule has 124 valence electrons. The summed E-state index contributed by atoms with van der Waals surface area (Å²) >= 11 is 0. The number of alkyl carbamates (subject to hydrolysis) is 1. The fourth-order valence-electron chi connectivity index (χ4n) is 2.71. The normalized spacial score (nSPS) is 17.7. The van der Waals surface area contributed by atoms with E-state index in [1.54, 1.807) is 0 Å². The van der Waals surface area contributed by atoms with Crippen LogP contribution in [0.2, 0.25) is 0 Å². The average molecular weight is 299 g/mol. The van der Waals surface area contributed by atoms with Crippen LogP contribution in [-0.4, -0.2) is 49.3 Å². The van der Waals surface area contributed by atoms with Crippen molar-refractivity contribution in [2.24, 2.45) is 11.7 Å². The van der Waals surface area contributed by atoms with Gasteiger partial charge in [0.05, 0.1) is 0 Å². The van der Waals surface area contributed by atoms with Crippen molar-refractivity contribution < 1.29 is 9.53 Å². The van der Waals surface area contributed by atoms with Gasteiger partial charge in [-0.15, -0.1) is 0 Å². The van der Waals surface area contributed by atoms with Gasteiger partial charge in [-0.1, -0.05) is 12.8 Å². The maximum Gasteiger partial charge on any atom is 0.407 e. The smallest absolute Gasteiger partial charge is 0.407 e. The molecule has 1 fully saturated rings. The minimum atomic E-state index is -0.425. The lowest BCUT2D eigenvalue weighted by molar-refractivity contribution is 0.0518. The molecule has 1 aliphatic rings. The molecule has 5 heteroatoms. The predicted molar refractivity (Wildman–Crippen MR) is 86.3 cm³/mol. The average Bonchev–Trinajstić information content (AvgIpc) is 2.39. The standard InChI is InChI=1S/C16H33N3O2/c1-16(2,3)21-15(20)18-10-13-19-11-7-14(8-12-19)6-4-5-9-17/h14H,4-13,17H2,1-3H3,(H,18,20). The van der Waals surface area contributed by atoms with Crippen LogP contribution < -0.4 is 11.1 Å². The monoisotopic (exact) mass is 299 g/mol. The summed E-state index contributed by atoms with van der Waals surface area (Å²) in [7, 11) is 0. The first kappa shape index (κ1) is 18.2. The molecule has 1 aliphatic heterocycles. The van der Waals surface area contributed by atoms with Gasteiger partial charge < -0.3 is 20.7 Å². The molecule has 0 aromatic carbocycles. The van der Waals surface area contributed by atoms with Crippen molar-refractivity contribution in [1.29, 1.82) is 0 Å². The first-order valence-corrected chi connectivity index (χ1v) is 8.30. The molecule has 5 nitrogen and oxygen atoms in total. The highest BCUT2D eigenvalue weighted by Gasteiger charge is 2.19. The molecule has 1 rings (SSSR count). The molecule has 1 saturated heterocycles. The fourth-order valence-corrected chi connectivity index (χ4v) is 2.71. The van der Waals surface area contributed by atoms with Crippen LogP contribution in [0.3, 0.4) is 0 Å². The van der Waals surface area contributed by atoms with Gasteiger partial charge in [0.2, 0.25) is 0 Å². The van der Waals surface area contributed by atoms with Crippen molar-refractivity contribution in [2.45, 2.75) is 58.5 Å². The highest BCUT2D eigenvalue weighted by atomic mass is 16.6. The summed E-state index contributed by atoms with van der Waals surface area (Å²) in [6.45, 7) is 10.3. The van der Waals surface area contributed by atoms with Crippen molar-refractivity contribution in [2.75, 3.05) is 32.7 Å². The van der Waals surface area contributed by atoms with E-state index >= 15 is 0 Å². The number of nitrogens with zero attached hydrogens (tertiary/aromatic N) is 1.